The summed E-state index contributed by atoms with van der Waals surface area (Å²) in [6.07, 6.45) is 1.22. The molecule has 0 spiro atoms. The van der Waals surface area contributed by atoms with Crippen LogP contribution in [0.3, 0.4) is 0 Å². The van der Waals surface area contributed by atoms with Crippen molar-refractivity contribution in [1.82, 2.24) is 9.97 Å². The topological polar surface area (TPSA) is 110 Å². The Morgan fingerprint density at radius 1 is 1.29 bits per heavy atom. The Morgan fingerprint density at radius 3 is 2.62 bits per heavy atom. The summed E-state index contributed by atoms with van der Waals surface area (Å²) >= 11 is 0. The van der Waals surface area contributed by atoms with E-state index >= 15 is 0 Å². The van der Waals surface area contributed by atoms with Crippen molar-refractivity contribution in [3.63, 3.8) is 0 Å². The zero-order valence-electron chi connectivity index (χ0n) is 11.5. The first-order chi connectivity index (χ1) is 10.0. The number of aromatic nitrogens is 2. The smallest absolute Gasteiger partial charge is 0.353 e. The highest BCUT2D eigenvalue weighted by atomic mass is 16.6. The fourth-order valence-electron chi connectivity index (χ4n) is 1.78. The molecule has 0 aliphatic heterocycles. The number of rotatable bonds is 5. The number of ketones is 1. The van der Waals surface area contributed by atoms with Gasteiger partial charge in [-0.3, -0.25) is 14.9 Å². The first-order valence-corrected chi connectivity index (χ1v) is 6.08. The van der Waals surface area contributed by atoms with Crippen LogP contribution in [0.5, 0.6) is 0 Å². The second-order valence-corrected chi connectivity index (χ2v) is 4.19. The van der Waals surface area contributed by atoms with E-state index in [0.717, 1.165) is 0 Å². The van der Waals surface area contributed by atoms with Gasteiger partial charge in [-0.25, -0.2) is 9.97 Å². The molecule has 1 heterocycles. The van der Waals surface area contributed by atoms with Gasteiger partial charge in [-0.2, -0.15) is 0 Å². The number of nitro groups is 1. The third-order valence-corrected chi connectivity index (χ3v) is 2.77. The molecule has 8 heteroatoms. The standard InChI is InChI=1S/C13H13N5O3/c1-8(19)9-4-3-5-10(6-9)17-13-11(18(20)21)12(14-2)15-7-16-13/h3-7H,1-2H3,(H2,14,15,16,17). The highest BCUT2D eigenvalue weighted by Gasteiger charge is 2.22. The van der Waals surface area contributed by atoms with E-state index in [2.05, 4.69) is 20.6 Å². The predicted octanol–water partition coefficient (Wildman–Crippen LogP) is 2.37. The zero-order valence-corrected chi connectivity index (χ0v) is 11.5. The minimum atomic E-state index is -0.566. The molecule has 0 unspecified atom stereocenters. The molecular formula is C13H13N5O3. The van der Waals surface area contributed by atoms with Gasteiger partial charge in [-0.1, -0.05) is 12.1 Å². The summed E-state index contributed by atoms with van der Waals surface area (Å²) in [4.78, 5) is 29.6. The molecule has 108 valence electrons. The highest BCUT2D eigenvalue weighted by molar-refractivity contribution is 5.95. The summed E-state index contributed by atoms with van der Waals surface area (Å²) < 4.78 is 0. The van der Waals surface area contributed by atoms with Gasteiger partial charge < -0.3 is 10.6 Å². The summed E-state index contributed by atoms with van der Waals surface area (Å²) in [5, 5.41) is 16.6. The van der Waals surface area contributed by atoms with Crippen LogP contribution in [0.15, 0.2) is 30.6 Å². The Hall–Kier alpha value is -3.03. The summed E-state index contributed by atoms with van der Waals surface area (Å²) in [6.45, 7) is 1.45. The maximum atomic E-state index is 11.4. The monoisotopic (exact) mass is 287 g/mol. The van der Waals surface area contributed by atoms with Gasteiger partial charge in [0.25, 0.3) is 0 Å². The van der Waals surface area contributed by atoms with Crippen LogP contribution in [-0.4, -0.2) is 27.7 Å². The Bertz CT molecular complexity index is 702. The van der Waals surface area contributed by atoms with Gasteiger partial charge in [0, 0.05) is 18.3 Å². The minimum Gasteiger partial charge on any atom is -0.367 e. The van der Waals surface area contributed by atoms with Crippen molar-refractivity contribution in [3.8, 4) is 0 Å². The first kappa shape index (κ1) is 14.4. The summed E-state index contributed by atoms with van der Waals surface area (Å²) in [6, 6.07) is 6.65. The molecule has 2 rings (SSSR count). The van der Waals surface area contributed by atoms with Crippen LogP contribution < -0.4 is 10.6 Å². The number of nitrogens with zero attached hydrogens (tertiary/aromatic N) is 3. The lowest BCUT2D eigenvalue weighted by Gasteiger charge is -2.08. The van der Waals surface area contributed by atoms with E-state index < -0.39 is 4.92 Å². The molecule has 0 atom stereocenters. The zero-order chi connectivity index (χ0) is 15.4. The molecule has 0 saturated heterocycles. The number of anilines is 3. The lowest BCUT2D eigenvalue weighted by molar-refractivity contribution is -0.383. The van der Waals surface area contributed by atoms with Crippen LogP contribution in [0.1, 0.15) is 17.3 Å². The second-order valence-electron chi connectivity index (χ2n) is 4.19. The summed E-state index contributed by atoms with van der Waals surface area (Å²) in [5.41, 5.74) is 0.783. The first-order valence-electron chi connectivity index (χ1n) is 6.08. The molecule has 0 aliphatic carbocycles. The van der Waals surface area contributed by atoms with Crippen molar-refractivity contribution in [1.29, 1.82) is 0 Å². The normalized spacial score (nSPS) is 10.0. The molecule has 2 N–H and O–H groups in total. The Balaban J connectivity index is 2.42. The van der Waals surface area contributed by atoms with Gasteiger partial charge in [-0.15, -0.1) is 0 Å². The maximum Gasteiger partial charge on any atom is 0.353 e. The van der Waals surface area contributed by atoms with Crippen molar-refractivity contribution in [3.05, 3.63) is 46.3 Å². The summed E-state index contributed by atoms with van der Waals surface area (Å²) in [5.74, 6) is 0.0759. The molecular weight excluding hydrogens is 274 g/mol. The molecule has 0 aliphatic rings. The lowest BCUT2D eigenvalue weighted by Crippen LogP contribution is -2.05. The van der Waals surface area contributed by atoms with Gasteiger partial charge in [0.05, 0.1) is 4.92 Å². The van der Waals surface area contributed by atoms with E-state index in [0.29, 0.717) is 11.3 Å². The largest absolute Gasteiger partial charge is 0.367 e. The molecule has 0 fully saturated rings. The number of carbonyl (C=O) groups is 1. The molecule has 0 bridgehead atoms. The van der Waals surface area contributed by atoms with Gasteiger partial charge in [-0.05, 0) is 19.1 Å². The van der Waals surface area contributed by atoms with E-state index in [9.17, 15) is 14.9 Å². The number of hydrogen-bond acceptors (Lipinski definition) is 7. The van der Waals surface area contributed by atoms with Crippen molar-refractivity contribution < 1.29 is 9.72 Å². The van der Waals surface area contributed by atoms with Crippen molar-refractivity contribution >= 4 is 28.8 Å². The number of Topliss-reactive ketones (excluding diaryl/α,β-unsaturated/α-hetero) is 1. The van der Waals surface area contributed by atoms with Gasteiger partial charge in [0.2, 0.25) is 11.6 Å². The number of carbonyl (C=O) groups excluding carboxylic acids is 1. The fraction of sp³-hybridized carbons (Fsp3) is 0.154. The second kappa shape index (κ2) is 5.95. The van der Waals surface area contributed by atoms with Crippen LogP contribution >= 0.6 is 0 Å². The fourth-order valence-corrected chi connectivity index (χ4v) is 1.78. The Labute approximate surface area is 120 Å². The number of hydrogen-bond donors (Lipinski definition) is 2. The van der Waals surface area contributed by atoms with E-state index in [1.165, 1.54) is 20.3 Å². The molecule has 0 saturated carbocycles. The van der Waals surface area contributed by atoms with Crippen LogP contribution in [0.4, 0.5) is 23.0 Å². The average molecular weight is 287 g/mol. The molecule has 2 aromatic rings. The quantitative estimate of drug-likeness (QED) is 0.493. The van der Waals surface area contributed by atoms with Crippen molar-refractivity contribution in [2.45, 2.75) is 6.92 Å². The van der Waals surface area contributed by atoms with E-state index in [1.807, 2.05) is 0 Å². The lowest BCUT2D eigenvalue weighted by atomic mass is 10.1. The third kappa shape index (κ3) is 3.11. The highest BCUT2D eigenvalue weighted by Crippen LogP contribution is 2.30. The van der Waals surface area contributed by atoms with Crippen LogP contribution in [0, 0.1) is 10.1 Å². The Morgan fingerprint density at radius 2 is 2.00 bits per heavy atom. The van der Waals surface area contributed by atoms with Gasteiger partial charge in [0.15, 0.2) is 5.78 Å². The van der Waals surface area contributed by atoms with E-state index in [1.54, 1.807) is 24.3 Å². The van der Waals surface area contributed by atoms with Crippen LogP contribution in [0.25, 0.3) is 0 Å². The average Bonchev–Trinajstić information content (AvgIpc) is 2.46. The van der Waals surface area contributed by atoms with E-state index in [4.69, 9.17) is 0 Å². The third-order valence-electron chi connectivity index (χ3n) is 2.77. The molecule has 1 aromatic heterocycles. The van der Waals surface area contributed by atoms with Crippen molar-refractivity contribution in [2.24, 2.45) is 0 Å². The molecule has 0 amide bonds. The van der Waals surface area contributed by atoms with Gasteiger partial charge >= 0.3 is 5.69 Å². The van der Waals surface area contributed by atoms with E-state index in [-0.39, 0.29) is 23.1 Å². The SMILES string of the molecule is CNc1ncnc(Nc2cccc(C(C)=O)c2)c1[N+](=O)[O-]. The maximum absolute atomic E-state index is 11.4. The van der Waals surface area contributed by atoms with Crippen LogP contribution in [0.2, 0.25) is 0 Å². The van der Waals surface area contributed by atoms with Gasteiger partial charge in [0.1, 0.15) is 6.33 Å². The molecule has 1 aromatic carbocycles. The minimum absolute atomic E-state index is 0.0556. The molecule has 21 heavy (non-hydrogen) atoms. The number of benzene rings is 1. The Kier molecular flexibility index (Phi) is 4.07. The predicted molar refractivity (Wildman–Crippen MR) is 78.0 cm³/mol. The molecule has 0 radical (unpaired) electrons. The number of nitrogens with one attached hydrogen (secondary N) is 2. The van der Waals surface area contributed by atoms with Crippen molar-refractivity contribution in [2.75, 3.05) is 17.7 Å². The summed E-state index contributed by atoms with van der Waals surface area (Å²) in [7, 11) is 1.54. The van der Waals surface area contributed by atoms with Crippen LogP contribution in [-0.2, 0) is 0 Å². The molecule has 8 nitrogen and oxygen atoms in total.